The summed E-state index contributed by atoms with van der Waals surface area (Å²) in [6.45, 7) is -0.370. The lowest BCUT2D eigenvalue weighted by Crippen LogP contribution is -2.84. The summed E-state index contributed by atoms with van der Waals surface area (Å²) in [5.74, 6) is -3.00. The summed E-state index contributed by atoms with van der Waals surface area (Å²) in [7, 11) is 0. The zero-order valence-corrected chi connectivity index (χ0v) is 13.4. The third-order valence-electron chi connectivity index (χ3n) is 4.33. The van der Waals surface area contributed by atoms with Gasteiger partial charge < -0.3 is 15.4 Å². The zero-order chi connectivity index (χ0) is 18.5. The van der Waals surface area contributed by atoms with E-state index in [2.05, 4.69) is 5.32 Å². The Morgan fingerprint density at radius 3 is 2.32 bits per heavy atom. The number of nitrogens with one attached hydrogen (secondary N) is 2. The van der Waals surface area contributed by atoms with E-state index in [1.165, 1.54) is 12.1 Å². The van der Waals surface area contributed by atoms with E-state index < -0.39 is 34.9 Å². The molecule has 0 aliphatic heterocycles. The van der Waals surface area contributed by atoms with Crippen LogP contribution in [0.3, 0.4) is 0 Å². The molecule has 2 bridgehead atoms. The molecule has 0 heterocycles. The van der Waals surface area contributed by atoms with Crippen LogP contribution in [0.5, 0.6) is 5.75 Å². The van der Waals surface area contributed by atoms with Gasteiger partial charge in [-0.3, -0.25) is 9.59 Å². The quantitative estimate of drug-likeness (QED) is 0.770. The minimum Gasteiger partial charge on any atom is -0.484 e. The van der Waals surface area contributed by atoms with E-state index in [1.54, 1.807) is 0 Å². The molecule has 0 radical (unpaired) electrons. The summed E-state index contributed by atoms with van der Waals surface area (Å²) in [5, 5.41) is 4.57. The fraction of sp³-hybridized carbons (Fsp3) is 0.467. The van der Waals surface area contributed by atoms with Gasteiger partial charge in [0.15, 0.2) is 6.61 Å². The van der Waals surface area contributed by atoms with E-state index in [-0.39, 0.29) is 36.6 Å². The Bertz CT molecular complexity index is 718. The van der Waals surface area contributed by atoms with E-state index >= 15 is 0 Å². The van der Waals surface area contributed by atoms with E-state index in [1.807, 2.05) is 5.32 Å². The average Bonchev–Trinajstić information content (AvgIpc) is 2.43. The lowest BCUT2D eigenvalue weighted by molar-refractivity contribution is -0.187. The Morgan fingerprint density at radius 2 is 1.76 bits per heavy atom. The predicted octanol–water partition coefficient (Wildman–Crippen LogP) is 2.33. The highest BCUT2D eigenvalue weighted by atomic mass is 35.5. The van der Waals surface area contributed by atoms with Crippen LogP contribution in [-0.4, -0.2) is 35.7 Å². The molecule has 3 fully saturated rings. The minimum atomic E-state index is -4.92. The molecular formula is C15H13ClF4N2O3. The van der Waals surface area contributed by atoms with Crippen molar-refractivity contribution in [1.29, 1.82) is 0 Å². The third kappa shape index (κ3) is 3.51. The second kappa shape index (κ2) is 5.76. The van der Waals surface area contributed by atoms with E-state index in [0.29, 0.717) is 0 Å². The number of benzene rings is 1. The number of carbonyl (C=O) groups is 2. The standard InChI is InChI=1S/C15H13ClF4N2O3/c16-9-2-1-8(3-10(9)17)25-4-11(23)21-13-5-14(6-13,7-13)22-12(24)15(18,19)20/h1-3H,4-7H2,(H,21,23)(H,22,24). The van der Waals surface area contributed by atoms with Crippen LogP contribution in [0.25, 0.3) is 0 Å². The Balaban J connectivity index is 1.44. The zero-order valence-electron chi connectivity index (χ0n) is 12.7. The first kappa shape index (κ1) is 17.8. The van der Waals surface area contributed by atoms with Gasteiger partial charge in [-0.15, -0.1) is 0 Å². The van der Waals surface area contributed by atoms with Crippen molar-refractivity contribution in [2.45, 2.75) is 36.5 Å². The van der Waals surface area contributed by atoms with Gasteiger partial charge in [-0.1, -0.05) is 11.6 Å². The summed E-state index contributed by atoms with van der Waals surface area (Å²) in [6.07, 6.45) is -4.21. The number of amides is 2. The number of carbonyl (C=O) groups excluding carboxylic acids is 2. The van der Waals surface area contributed by atoms with Crippen molar-refractivity contribution in [3.05, 3.63) is 29.0 Å². The van der Waals surface area contributed by atoms with Crippen molar-refractivity contribution in [1.82, 2.24) is 10.6 Å². The molecule has 0 unspecified atom stereocenters. The van der Waals surface area contributed by atoms with Crippen LogP contribution in [0.15, 0.2) is 18.2 Å². The van der Waals surface area contributed by atoms with Gasteiger partial charge in [-0.05, 0) is 31.4 Å². The maximum atomic E-state index is 13.2. The molecule has 3 aliphatic carbocycles. The van der Waals surface area contributed by atoms with Crippen LogP contribution in [0.2, 0.25) is 5.02 Å². The normalized spacial score (nSPS) is 26.9. The molecule has 4 rings (SSSR count). The van der Waals surface area contributed by atoms with Gasteiger partial charge in [0.25, 0.3) is 5.91 Å². The highest BCUT2D eigenvalue weighted by molar-refractivity contribution is 6.30. The molecule has 136 valence electrons. The van der Waals surface area contributed by atoms with Crippen LogP contribution in [0, 0.1) is 5.82 Å². The van der Waals surface area contributed by atoms with E-state index in [4.69, 9.17) is 16.3 Å². The second-order valence-electron chi connectivity index (χ2n) is 6.46. The van der Waals surface area contributed by atoms with Crippen LogP contribution in [0.4, 0.5) is 17.6 Å². The number of halogens is 5. The van der Waals surface area contributed by atoms with Gasteiger partial charge in [0, 0.05) is 17.1 Å². The summed E-state index contributed by atoms with van der Waals surface area (Å²) in [5.41, 5.74) is -1.50. The highest BCUT2D eigenvalue weighted by Gasteiger charge is 2.70. The largest absolute Gasteiger partial charge is 0.484 e. The molecule has 25 heavy (non-hydrogen) atoms. The number of alkyl halides is 3. The summed E-state index contributed by atoms with van der Waals surface area (Å²) >= 11 is 5.53. The molecule has 1 aromatic rings. The number of hydrogen-bond acceptors (Lipinski definition) is 3. The molecule has 0 atom stereocenters. The van der Waals surface area contributed by atoms with Crippen LogP contribution in [-0.2, 0) is 9.59 Å². The van der Waals surface area contributed by atoms with Crippen LogP contribution < -0.4 is 15.4 Å². The second-order valence-corrected chi connectivity index (χ2v) is 6.86. The third-order valence-corrected chi connectivity index (χ3v) is 4.64. The molecule has 0 spiro atoms. The lowest BCUT2D eigenvalue weighted by atomic mass is 9.44. The molecule has 0 saturated heterocycles. The number of rotatable bonds is 5. The van der Waals surface area contributed by atoms with Crippen LogP contribution >= 0.6 is 11.6 Å². The molecule has 0 aromatic heterocycles. The fourth-order valence-electron chi connectivity index (χ4n) is 3.41. The molecule has 3 aliphatic rings. The van der Waals surface area contributed by atoms with Gasteiger partial charge in [0.1, 0.15) is 11.6 Å². The molecule has 2 amide bonds. The maximum Gasteiger partial charge on any atom is 0.471 e. The Hall–Kier alpha value is -2.03. The van der Waals surface area contributed by atoms with Gasteiger partial charge in [-0.2, -0.15) is 13.2 Å². The molecule has 1 aromatic carbocycles. The van der Waals surface area contributed by atoms with Crippen molar-refractivity contribution >= 4 is 23.4 Å². The molecular weight excluding hydrogens is 368 g/mol. The van der Waals surface area contributed by atoms with Crippen molar-refractivity contribution in [3.63, 3.8) is 0 Å². The number of hydrogen-bond donors (Lipinski definition) is 2. The topological polar surface area (TPSA) is 67.4 Å². The Kier molecular flexibility index (Phi) is 4.09. The summed E-state index contributed by atoms with van der Waals surface area (Å²) < 4.78 is 55.1. The van der Waals surface area contributed by atoms with Gasteiger partial charge in [0.2, 0.25) is 0 Å². The van der Waals surface area contributed by atoms with Crippen molar-refractivity contribution < 1.29 is 31.9 Å². The van der Waals surface area contributed by atoms with Crippen molar-refractivity contribution in [3.8, 4) is 5.75 Å². The SMILES string of the molecule is O=C(COc1ccc(Cl)c(F)c1)NC12CC(NC(=O)C(F)(F)F)(C1)C2. The molecule has 5 nitrogen and oxygen atoms in total. The van der Waals surface area contributed by atoms with E-state index in [0.717, 1.165) is 6.07 Å². The van der Waals surface area contributed by atoms with Gasteiger partial charge in [-0.25, -0.2) is 4.39 Å². The maximum absolute atomic E-state index is 13.2. The fourth-order valence-corrected chi connectivity index (χ4v) is 3.53. The lowest BCUT2D eigenvalue weighted by Gasteiger charge is -2.70. The Morgan fingerprint density at radius 1 is 1.16 bits per heavy atom. The highest BCUT2D eigenvalue weighted by Crippen LogP contribution is 2.60. The van der Waals surface area contributed by atoms with Crippen molar-refractivity contribution in [2.75, 3.05) is 6.61 Å². The van der Waals surface area contributed by atoms with Gasteiger partial charge >= 0.3 is 12.1 Å². The van der Waals surface area contributed by atoms with Crippen LogP contribution in [0.1, 0.15) is 19.3 Å². The average molecular weight is 381 g/mol. The molecule has 3 saturated carbocycles. The van der Waals surface area contributed by atoms with E-state index in [9.17, 15) is 27.2 Å². The first-order valence-corrected chi connectivity index (χ1v) is 7.69. The van der Waals surface area contributed by atoms with Crippen molar-refractivity contribution in [2.24, 2.45) is 0 Å². The first-order chi connectivity index (χ1) is 11.5. The first-order valence-electron chi connectivity index (χ1n) is 7.31. The molecule has 10 heteroatoms. The minimum absolute atomic E-state index is 0.0723. The number of ether oxygens (including phenoxy) is 1. The monoisotopic (exact) mass is 380 g/mol. The smallest absolute Gasteiger partial charge is 0.471 e. The van der Waals surface area contributed by atoms with Gasteiger partial charge in [0.05, 0.1) is 5.02 Å². The molecule has 2 N–H and O–H groups in total. The Labute approximate surface area is 144 Å². The predicted molar refractivity (Wildman–Crippen MR) is 78.6 cm³/mol. The summed E-state index contributed by atoms with van der Waals surface area (Å²) in [4.78, 5) is 22.8. The summed E-state index contributed by atoms with van der Waals surface area (Å²) in [6, 6.07) is 3.73.